The first kappa shape index (κ1) is 65.6. The lowest BCUT2D eigenvalue weighted by atomic mass is 10.1. The highest BCUT2D eigenvalue weighted by molar-refractivity contribution is 5.71. The Balaban J connectivity index is 4.46. The molecule has 69 heavy (non-hydrogen) atoms. The smallest absolute Gasteiger partial charge is 0.306 e. The number of esters is 3. The summed E-state index contributed by atoms with van der Waals surface area (Å²) < 4.78 is 16.8. The maximum Gasteiger partial charge on any atom is 0.306 e. The van der Waals surface area contributed by atoms with Crippen molar-refractivity contribution in [2.75, 3.05) is 13.2 Å². The van der Waals surface area contributed by atoms with Crippen molar-refractivity contribution in [1.29, 1.82) is 0 Å². The molecule has 0 aliphatic heterocycles. The van der Waals surface area contributed by atoms with Gasteiger partial charge in [0.25, 0.3) is 0 Å². The Bertz CT molecular complexity index is 1330. The monoisotopic (exact) mass is 961 g/mol. The summed E-state index contributed by atoms with van der Waals surface area (Å²) in [4.78, 5) is 38.1. The van der Waals surface area contributed by atoms with Crippen molar-refractivity contribution < 1.29 is 28.6 Å². The van der Waals surface area contributed by atoms with Gasteiger partial charge in [-0.1, -0.05) is 228 Å². The van der Waals surface area contributed by atoms with E-state index in [-0.39, 0.29) is 37.5 Å². The fraction of sp³-hybridized carbons (Fsp3) is 0.730. The van der Waals surface area contributed by atoms with E-state index in [9.17, 15) is 14.4 Å². The van der Waals surface area contributed by atoms with Gasteiger partial charge in [-0.25, -0.2) is 0 Å². The number of unbranched alkanes of at least 4 members (excludes halogenated alkanes) is 27. The molecule has 0 saturated carbocycles. The van der Waals surface area contributed by atoms with Gasteiger partial charge in [0.2, 0.25) is 0 Å². The molecule has 0 bridgehead atoms. The molecule has 0 aromatic heterocycles. The molecule has 0 amide bonds. The highest BCUT2D eigenvalue weighted by Crippen LogP contribution is 2.14. The average Bonchev–Trinajstić information content (AvgIpc) is 3.35. The summed E-state index contributed by atoms with van der Waals surface area (Å²) in [6.07, 6.45) is 74.3. The summed E-state index contributed by atoms with van der Waals surface area (Å²) in [6, 6.07) is 0. The molecule has 0 saturated heterocycles. The lowest BCUT2D eigenvalue weighted by Crippen LogP contribution is -2.30. The number of ether oxygens (including phenoxy) is 3. The van der Waals surface area contributed by atoms with Crippen LogP contribution in [0, 0.1) is 0 Å². The highest BCUT2D eigenvalue weighted by atomic mass is 16.6. The molecular weight excluding hydrogens is 853 g/mol. The van der Waals surface area contributed by atoms with E-state index in [0.717, 1.165) is 83.5 Å². The van der Waals surface area contributed by atoms with Crippen LogP contribution in [0.4, 0.5) is 0 Å². The molecule has 0 aliphatic rings. The van der Waals surface area contributed by atoms with E-state index in [2.05, 4.69) is 106 Å². The van der Waals surface area contributed by atoms with Crippen molar-refractivity contribution >= 4 is 17.9 Å². The summed E-state index contributed by atoms with van der Waals surface area (Å²) in [5.74, 6) is -0.964. The summed E-state index contributed by atoms with van der Waals surface area (Å²) >= 11 is 0. The second-order valence-electron chi connectivity index (χ2n) is 19.2. The van der Waals surface area contributed by atoms with Crippen LogP contribution in [0.5, 0.6) is 0 Å². The second-order valence-corrected chi connectivity index (χ2v) is 19.2. The highest BCUT2D eigenvalue weighted by Gasteiger charge is 2.19. The molecule has 0 aromatic carbocycles. The molecule has 0 fully saturated rings. The van der Waals surface area contributed by atoms with E-state index < -0.39 is 6.10 Å². The Morgan fingerprint density at radius 3 is 0.913 bits per heavy atom. The van der Waals surface area contributed by atoms with E-state index >= 15 is 0 Å². The third-order valence-electron chi connectivity index (χ3n) is 12.3. The van der Waals surface area contributed by atoms with Crippen LogP contribution < -0.4 is 0 Å². The van der Waals surface area contributed by atoms with Crippen LogP contribution in [0.15, 0.2) is 85.1 Å². The molecule has 0 aromatic rings. The minimum absolute atomic E-state index is 0.0988. The Morgan fingerprint density at radius 1 is 0.290 bits per heavy atom. The summed E-state index contributed by atoms with van der Waals surface area (Å²) in [6.45, 7) is 6.54. The topological polar surface area (TPSA) is 78.9 Å². The van der Waals surface area contributed by atoms with Gasteiger partial charge in [-0.2, -0.15) is 0 Å². The van der Waals surface area contributed by atoms with Gasteiger partial charge in [-0.3, -0.25) is 14.4 Å². The SMILES string of the molecule is CCCCC/C=C\C/C=C\C/C=C\C/C=C\CCCC(=O)OC[C@@H](COC(=O)CCCCCCCCCCC/C=C\C/C=C\CCCCC)OC(=O)CCCCCCC/C=C\CCCCCCCC. The zero-order valence-corrected chi connectivity index (χ0v) is 45.3. The van der Waals surface area contributed by atoms with Crippen LogP contribution >= 0.6 is 0 Å². The van der Waals surface area contributed by atoms with Gasteiger partial charge >= 0.3 is 17.9 Å². The minimum atomic E-state index is -0.805. The summed E-state index contributed by atoms with van der Waals surface area (Å²) in [5, 5.41) is 0. The Morgan fingerprint density at radius 2 is 0.536 bits per heavy atom. The molecule has 396 valence electrons. The lowest BCUT2D eigenvalue weighted by Gasteiger charge is -2.18. The van der Waals surface area contributed by atoms with E-state index in [4.69, 9.17) is 14.2 Å². The molecule has 0 spiro atoms. The van der Waals surface area contributed by atoms with Gasteiger partial charge in [0, 0.05) is 19.3 Å². The minimum Gasteiger partial charge on any atom is -0.462 e. The van der Waals surface area contributed by atoms with Crippen LogP contribution in [0.2, 0.25) is 0 Å². The molecule has 0 N–H and O–H groups in total. The molecule has 6 nitrogen and oxygen atoms in total. The zero-order chi connectivity index (χ0) is 50.0. The summed E-state index contributed by atoms with van der Waals surface area (Å²) in [5.41, 5.74) is 0. The predicted molar refractivity (Wildman–Crippen MR) is 297 cm³/mol. The Kier molecular flexibility index (Phi) is 54.3. The van der Waals surface area contributed by atoms with Crippen LogP contribution in [0.25, 0.3) is 0 Å². The van der Waals surface area contributed by atoms with Crippen LogP contribution in [0.3, 0.4) is 0 Å². The first-order chi connectivity index (χ1) is 34.0. The molecule has 6 heteroatoms. The Hall–Kier alpha value is -3.41. The largest absolute Gasteiger partial charge is 0.462 e. The Labute approximate surface area is 426 Å². The number of hydrogen-bond donors (Lipinski definition) is 0. The van der Waals surface area contributed by atoms with Crippen LogP contribution in [-0.2, 0) is 28.6 Å². The van der Waals surface area contributed by atoms with Gasteiger partial charge in [0.15, 0.2) is 6.10 Å². The van der Waals surface area contributed by atoms with Gasteiger partial charge in [-0.15, -0.1) is 0 Å². The normalized spacial score (nSPS) is 12.7. The number of allylic oxidation sites excluding steroid dienone is 14. The standard InChI is InChI=1S/C63H108O6/c1-4-7-10-13-16-19-22-25-28-30-31-33-36-38-41-44-47-50-53-56-62(65)68-59-60(69-63(66)57-54-51-48-45-42-39-34-27-24-21-18-15-12-9-6-3)58-67-61(64)55-52-49-46-43-40-37-35-32-29-26-23-20-17-14-11-8-5-2/h16-17,19-20,25-29,34-35,37,43,46,60H,4-15,18,21-24,30-33,36,38-42,44-45,47-59H2,1-3H3/b19-16-,20-17-,28-25-,29-26-,34-27-,37-35-,46-43-/t60-/m0/s1. The van der Waals surface area contributed by atoms with Gasteiger partial charge in [-0.05, 0) is 116 Å². The fourth-order valence-electron chi connectivity index (χ4n) is 7.93. The van der Waals surface area contributed by atoms with Gasteiger partial charge in [0.05, 0.1) is 0 Å². The average molecular weight is 962 g/mol. The maximum absolute atomic E-state index is 12.8. The van der Waals surface area contributed by atoms with Crippen LogP contribution in [0.1, 0.15) is 278 Å². The maximum atomic E-state index is 12.8. The van der Waals surface area contributed by atoms with Gasteiger partial charge < -0.3 is 14.2 Å². The van der Waals surface area contributed by atoms with Crippen molar-refractivity contribution in [3.05, 3.63) is 85.1 Å². The van der Waals surface area contributed by atoms with Crippen molar-refractivity contribution in [3.63, 3.8) is 0 Å². The second kappa shape index (κ2) is 57.2. The predicted octanol–water partition coefficient (Wildman–Crippen LogP) is 19.5. The van der Waals surface area contributed by atoms with Crippen molar-refractivity contribution in [2.24, 2.45) is 0 Å². The molecule has 0 heterocycles. The quantitative estimate of drug-likeness (QED) is 0.0262. The molecular formula is C63H108O6. The van der Waals surface area contributed by atoms with E-state index in [0.29, 0.717) is 19.3 Å². The lowest BCUT2D eigenvalue weighted by molar-refractivity contribution is -0.167. The molecule has 0 rings (SSSR count). The zero-order valence-electron chi connectivity index (χ0n) is 45.3. The van der Waals surface area contributed by atoms with Gasteiger partial charge in [0.1, 0.15) is 13.2 Å². The number of carbonyl (C=O) groups is 3. The third-order valence-corrected chi connectivity index (χ3v) is 12.3. The summed E-state index contributed by atoms with van der Waals surface area (Å²) in [7, 11) is 0. The first-order valence-corrected chi connectivity index (χ1v) is 29.1. The number of rotatable bonds is 52. The first-order valence-electron chi connectivity index (χ1n) is 29.1. The van der Waals surface area contributed by atoms with Crippen molar-refractivity contribution in [3.8, 4) is 0 Å². The number of carbonyl (C=O) groups excluding carboxylic acids is 3. The van der Waals surface area contributed by atoms with Crippen molar-refractivity contribution in [2.45, 2.75) is 284 Å². The molecule has 0 aliphatic carbocycles. The molecule has 0 unspecified atom stereocenters. The van der Waals surface area contributed by atoms with E-state index in [1.165, 1.54) is 148 Å². The third kappa shape index (κ3) is 55.4. The van der Waals surface area contributed by atoms with E-state index in [1.807, 2.05) is 0 Å². The van der Waals surface area contributed by atoms with E-state index in [1.54, 1.807) is 0 Å². The van der Waals surface area contributed by atoms with Crippen LogP contribution in [-0.4, -0.2) is 37.2 Å². The fourth-order valence-corrected chi connectivity index (χ4v) is 7.93. The van der Waals surface area contributed by atoms with Crippen molar-refractivity contribution in [1.82, 2.24) is 0 Å². The molecule has 1 atom stereocenters. The number of hydrogen-bond acceptors (Lipinski definition) is 6. The molecule has 0 radical (unpaired) electrons.